The number of rotatable bonds is 6. The Bertz CT molecular complexity index is 817. The number of thioether (sulfide) groups is 1. The summed E-state index contributed by atoms with van der Waals surface area (Å²) in [6.45, 7) is 11.5. The summed E-state index contributed by atoms with van der Waals surface area (Å²) >= 11 is 3.22. The van der Waals surface area contributed by atoms with Crippen molar-refractivity contribution in [2.24, 2.45) is 0 Å². The van der Waals surface area contributed by atoms with E-state index in [4.69, 9.17) is 9.72 Å². The lowest BCUT2D eigenvalue weighted by Gasteiger charge is -2.16. The van der Waals surface area contributed by atoms with Crippen LogP contribution in [0, 0.1) is 6.92 Å². The molecule has 1 atom stereocenters. The van der Waals surface area contributed by atoms with Crippen molar-refractivity contribution in [2.75, 3.05) is 12.4 Å². The van der Waals surface area contributed by atoms with Crippen molar-refractivity contribution < 1.29 is 4.74 Å². The molecule has 2 aromatic heterocycles. The fourth-order valence-electron chi connectivity index (χ4n) is 3.11. The SMILES string of the molecule is C=C(C)CSc1nc2sc(C)c(CC)c2c(=O)n1CC1CCCO1. The van der Waals surface area contributed by atoms with Crippen LogP contribution in [0.3, 0.4) is 0 Å². The minimum Gasteiger partial charge on any atom is -0.376 e. The molecule has 0 radical (unpaired) electrons. The molecule has 1 unspecified atom stereocenters. The van der Waals surface area contributed by atoms with Crippen LogP contribution in [0.4, 0.5) is 0 Å². The van der Waals surface area contributed by atoms with Crippen LogP contribution in [0.5, 0.6) is 0 Å². The smallest absolute Gasteiger partial charge is 0.263 e. The van der Waals surface area contributed by atoms with Crippen LogP contribution >= 0.6 is 23.1 Å². The lowest BCUT2D eigenvalue weighted by atomic mass is 10.1. The third kappa shape index (κ3) is 3.46. The second-order valence-electron chi connectivity index (χ2n) is 6.36. The molecule has 4 nitrogen and oxygen atoms in total. The standard InChI is InChI=1S/C18H24N2O2S2/c1-5-14-12(4)24-16-15(14)17(21)20(9-13-7-6-8-22-13)18(19-16)23-10-11(2)3/h13H,2,5-10H2,1,3-4H3. The van der Waals surface area contributed by atoms with E-state index >= 15 is 0 Å². The molecule has 1 saturated heterocycles. The van der Waals surface area contributed by atoms with Gasteiger partial charge in [0, 0.05) is 17.2 Å². The van der Waals surface area contributed by atoms with E-state index in [2.05, 4.69) is 20.4 Å². The second-order valence-corrected chi connectivity index (χ2v) is 8.51. The minimum absolute atomic E-state index is 0.0842. The van der Waals surface area contributed by atoms with E-state index in [0.717, 1.165) is 58.1 Å². The molecule has 0 N–H and O–H groups in total. The molecule has 0 aliphatic carbocycles. The Hall–Kier alpha value is -1.11. The molecule has 3 heterocycles. The van der Waals surface area contributed by atoms with Crippen molar-refractivity contribution in [3.8, 4) is 0 Å². The summed E-state index contributed by atoms with van der Waals surface area (Å²) in [4.78, 5) is 20.1. The van der Waals surface area contributed by atoms with Gasteiger partial charge in [0.05, 0.1) is 18.0 Å². The van der Waals surface area contributed by atoms with Gasteiger partial charge in [-0.3, -0.25) is 9.36 Å². The quantitative estimate of drug-likeness (QED) is 0.438. The van der Waals surface area contributed by atoms with Crippen molar-refractivity contribution in [1.82, 2.24) is 9.55 Å². The Labute approximate surface area is 150 Å². The summed E-state index contributed by atoms with van der Waals surface area (Å²) in [5.74, 6) is 0.772. The molecule has 2 aromatic rings. The zero-order valence-corrected chi connectivity index (χ0v) is 16.2. The van der Waals surface area contributed by atoms with Crippen LogP contribution < -0.4 is 5.56 Å². The van der Waals surface area contributed by atoms with Gasteiger partial charge in [0.1, 0.15) is 4.83 Å². The molecule has 1 aliphatic rings. The predicted octanol–water partition coefficient (Wildman–Crippen LogP) is 4.18. The maximum absolute atomic E-state index is 13.2. The fraction of sp³-hybridized carbons (Fsp3) is 0.556. The third-order valence-electron chi connectivity index (χ3n) is 4.29. The summed E-state index contributed by atoms with van der Waals surface area (Å²) < 4.78 is 7.59. The van der Waals surface area contributed by atoms with Crippen molar-refractivity contribution in [3.05, 3.63) is 32.9 Å². The summed E-state index contributed by atoms with van der Waals surface area (Å²) in [6, 6.07) is 0. The minimum atomic E-state index is 0.0842. The summed E-state index contributed by atoms with van der Waals surface area (Å²) in [5.41, 5.74) is 2.31. The van der Waals surface area contributed by atoms with Crippen LogP contribution in [-0.4, -0.2) is 28.0 Å². The first-order valence-electron chi connectivity index (χ1n) is 8.42. The normalized spacial score (nSPS) is 17.7. The molecule has 130 valence electrons. The highest BCUT2D eigenvalue weighted by molar-refractivity contribution is 7.99. The van der Waals surface area contributed by atoms with Gasteiger partial charge in [-0.25, -0.2) is 4.98 Å². The maximum Gasteiger partial charge on any atom is 0.263 e. The van der Waals surface area contributed by atoms with Gasteiger partial charge in [0.2, 0.25) is 0 Å². The van der Waals surface area contributed by atoms with Crippen LogP contribution in [0.15, 0.2) is 22.1 Å². The molecule has 0 aromatic carbocycles. The van der Waals surface area contributed by atoms with Gasteiger partial charge in [-0.15, -0.1) is 11.3 Å². The van der Waals surface area contributed by atoms with Crippen molar-refractivity contribution in [1.29, 1.82) is 0 Å². The summed E-state index contributed by atoms with van der Waals surface area (Å²) in [5, 5.41) is 1.59. The van der Waals surface area contributed by atoms with Gasteiger partial charge in [0.25, 0.3) is 5.56 Å². The number of fused-ring (bicyclic) bond motifs is 1. The van der Waals surface area contributed by atoms with Gasteiger partial charge in [-0.2, -0.15) is 0 Å². The summed E-state index contributed by atoms with van der Waals surface area (Å²) in [6.07, 6.45) is 3.07. The molecular weight excluding hydrogens is 340 g/mol. The van der Waals surface area contributed by atoms with Gasteiger partial charge >= 0.3 is 0 Å². The molecule has 24 heavy (non-hydrogen) atoms. The summed E-state index contributed by atoms with van der Waals surface area (Å²) in [7, 11) is 0. The molecule has 1 aliphatic heterocycles. The fourth-order valence-corrected chi connectivity index (χ4v) is 5.11. The number of hydrogen-bond acceptors (Lipinski definition) is 5. The van der Waals surface area contributed by atoms with E-state index in [1.165, 1.54) is 4.88 Å². The number of hydrogen-bond donors (Lipinski definition) is 0. The Morgan fingerprint density at radius 1 is 1.54 bits per heavy atom. The van der Waals surface area contributed by atoms with E-state index in [9.17, 15) is 4.79 Å². The van der Waals surface area contributed by atoms with E-state index < -0.39 is 0 Å². The van der Waals surface area contributed by atoms with Gasteiger partial charge < -0.3 is 4.74 Å². The largest absolute Gasteiger partial charge is 0.376 e. The van der Waals surface area contributed by atoms with E-state index in [-0.39, 0.29) is 11.7 Å². The highest BCUT2D eigenvalue weighted by Crippen LogP contribution is 2.30. The first-order valence-corrected chi connectivity index (χ1v) is 10.2. The molecule has 3 rings (SSSR count). The van der Waals surface area contributed by atoms with E-state index in [1.807, 2.05) is 11.5 Å². The van der Waals surface area contributed by atoms with Gasteiger partial charge in [-0.05, 0) is 38.7 Å². The Kier molecular flexibility index (Phi) is 5.47. The molecule has 6 heteroatoms. The molecule has 0 bridgehead atoms. The first-order chi connectivity index (χ1) is 11.5. The van der Waals surface area contributed by atoms with Gasteiger partial charge in [-0.1, -0.05) is 30.8 Å². The Morgan fingerprint density at radius 3 is 2.96 bits per heavy atom. The maximum atomic E-state index is 13.2. The highest BCUT2D eigenvalue weighted by Gasteiger charge is 2.22. The van der Waals surface area contributed by atoms with Crippen molar-refractivity contribution >= 4 is 33.3 Å². The predicted molar refractivity (Wildman–Crippen MR) is 103 cm³/mol. The van der Waals surface area contributed by atoms with Crippen LogP contribution in [0.1, 0.15) is 37.1 Å². The Morgan fingerprint density at radius 2 is 2.33 bits per heavy atom. The number of thiophene rings is 1. The Balaban J connectivity index is 2.11. The van der Waals surface area contributed by atoms with Gasteiger partial charge in [0.15, 0.2) is 5.16 Å². The number of aromatic nitrogens is 2. The molecule has 0 amide bonds. The zero-order valence-electron chi connectivity index (χ0n) is 14.6. The number of ether oxygens (including phenoxy) is 1. The van der Waals surface area contributed by atoms with Crippen molar-refractivity contribution in [2.45, 2.75) is 57.8 Å². The number of nitrogens with zero attached hydrogens (tertiary/aromatic N) is 2. The first kappa shape index (κ1) is 17.7. The van der Waals surface area contributed by atoms with Crippen LogP contribution in [0.25, 0.3) is 10.2 Å². The van der Waals surface area contributed by atoms with E-state index in [0.29, 0.717) is 6.54 Å². The van der Waals surface area contributed by atoms with E-state index in [1.54, 1.807) is 23.1 Å². The molecular formula is C18H24N2O2S2. The van der Waals surface area contributed by atoms with Crippen LogP contribution in [0.2, 0.25) is 0 Å². The molecule has 1 fully saturated rings. The monoisotopic (exact) mass is 364 g/mol. The molecule has 0 saturated carbocycles. The third-order valence-corrected chi connectivity index (χ3v) is 6.54. The average molecular weight is 365 g/mol. The zero-order chi connectivity index (χ0) is 17.3. The highest BCUT2D eigenvalue weighted by atomic mass is 32.2. The lowest BCUT2D eigenvalue weighted by Crippen LogP contribution is -2.29. The molecule has 0 spiro atoms. The van der Waals surface area contributed by atoms with Crippen molar-refractivity contribution in [3.63, 3.8) is 0 Å². The topological polar surface area (TPSA) is 44.1 Å². The average Bonchev–Trinajstić information content (AvgIpc) is 3.15. The number of aryl methyl sites for hydroxylation is 2. The van der Waals surface area contributed by atoms with Crippen LogP contribution in [-0.2, 0) is 17.7 Å². The lowest BCUT2D eigenvalue weighted by molar-refractivity contribution is 0.0937. The second kappa shape index (κ2) is 7.42.